The van der Waals surface area contributed by atoms with Crippen molar-refractivity contribution >= 4 is 11.6 Å². The van der Waals surface area contributed by atoms with Gasteiger partial charge in [0.05, 0.1) is 23.9 Å². The molecule has 0 spiro atoms. The van der Waals surface area contributed by atoms with Crippen LogP contribution in [0.3, 0.4) is 0 Å². The predicted octanol–water partition coefficient (Wildman–Crippen LogP) is 4.77. The summed E-state index contributed by atoms with van der Waals surface area (Å²) in [6, 6.07) is 24.5. The first-order chi connectivity index (χ1) is 17.8. The molecule has 0 radical (unpaired) electrons. The van der Waals surface area contributed by atoms with Crippen molar-refractivity contribution < 1.29 is 14.6 Å². The molecule has 1 aliphatic rings. The Hall–Kier alpha value is -3.35. The normalized spacial score (nSPS) is 18.6. The maximum absolute atomic E-state index is 13.5. The number of anilines is 1. The molecule has 0 bridgehead atoms. The molecule has 1 aliphatic heterocycles. The first kappa shape index (κ1) is 26.7. The molecule has 3 atom stereocenters. The van der Waals surface area contributed by atoms with Crippen LogP contribution in [0.25, 0.3) is 11.1 Å². The Labute approximate surface area is 221 Å². The minimum Gasteiger partial charge on any atom is -0.486 e. The zero-order chi connectivity index (χ0) is 26.5. The number of aliphatic hydroxyl groups excluding tert-OH is 1. The summed E-state index contributed by atoms with van der Waals surface area (Å²) in [6.45, 7) is 5.96. The third-order valence-corrected chi connectivity index (χ3v) is 7.16. The summed E-state index contributed by atoms with van der Waals surface area (Å²) < 4.78 is 6.67. The van der Waals surface area contributed by atoms with Crippen LogP contribution in [0.2, 0.25) is 0 Å². The number of hydrogen-bond donors (Lipinski definition) is 1. The van der Waals surface area contributed by atoms with Crippen LogP contribution in [0, 0.1) is 5.92 Å². The summed E-state index contributed by atoms with van der Waals surface area (Å²) in [7, 11) is 6.03. The standard InChI is InChI=1S/C31H39N3O3/c1-22-18-34(23(2)21-35)31(36)27-12-9-13-28(32(3)4)30(27)37-29(22)20-33(5)19-24-14-16-26(17-15-24)25-10-7-6-8-11-25/h6-17,22-23,29,35H,18-21H2,1-5H3/t22-,23+,29+/m1/s1. The lowest BCUT2D eigenvalue weighted by molar-refractivity contribution is 0.0343. The van der Waals surface area contributed by atoms with E-state index in [1.807, 2.05) is 50.2 Å². The van der Waals surface area contributed by atoms with Crippen molar-refractivity contribution in [3.63, 3.8) is 0 Å². The highest BCUT2D eigenvalue weighted by Gasteiger charge is 2.34. The van der Waals surface area contributed by atoms with Crippen LogP contribution in [-0.4, -0.2) is 73.8 Å². The van der Waals surface area contributed by atoms with Gasteiger partial charge in [0.25, 0.3) is 5.91 Å². The molecule has 1 amide bonds. The van der Waals surface area contributed by atoms with Crippen molar-refractivity contribution in [1.82, 2.24) is 9.80 Å². The average Bonchev–Trinajstić information content (AvgIpc) is 2.90. The Morgan fingerprint density at radius 3 is 2.30 bits per heavy atom. The van der Waals surface area contributed by atoms with Crippen LogP contribution in [0.5, 0.6) is 5.75 Å². The fraction of sp³-hybridized carbons (Fsp3) is 0.387. The van der Waals surface area contributed by atoms with Gasteiger partial charge in [0.2, 0.25) is 0 Å². The molecule has 0 saturated carbocycles. The predicted molar refractivity (Wildman–Crippen MR) is 150 cm³/mol. The first-order valence-electron chi connectivity index (χ1n) is 13.0. The van der Waals surface area contributed by atoms with E-state index in [1.165, 1.54) is 16.7 Å². The quantitative estimate of drug-likeness (QED) is 0.482. The van der Waals surface area contributed by atoms with Gasteiger partial charge in [0.15, 0.2) is 5.75 Å². The number of benzene rings is 3. The van der Waals surface area contributed by atoms with Crippen molar-refractivity contribution in [2.75, 3.05) is 45.7 Å². The molecule has 0 fully saturated rings. The smallest absolute Gasteiger partial charge is 0.258 e. The summed E-state index contributed by atoms with van der Waals surface area (Å²) >= 11 is 0. The van der Waals surface area contributed by atoms with Gasteiger partial charge in [-0.25, -0.2) is 0 Å². The zero-order valence-corrected chi connectivity index (χ0v) is 22.6. The Kier molecular flexibility index (Phi) is 8.52. The molecule has 0 aromatic heterocycles. The molecule has 1 heterocycles. The second kappa shape index (κ2) is 11.8. The van der Waals surface area contributed by atoms with Gasteiger partial charge < -0.3 is 19.6 Å². The lowest BCUT2D eigenvalue weighted by Gasteiger charge is -2.39. The molecular weight excluding hydrogens is 462 g/mol. The fourth-order valence-electron chi connectivity index (χ4n) is 4.91. The number of likely N-dealkylation sites (N-methyl/N-ethyl adjacent to an activating group) is 1. The van der Waals surface area contributed by atoms with Gasteiger partial charge in [-0.15, -0.1) is 0 Å². The van der Waals surface area contributed by atoms with Crippen molar-refractivity contribution in [3.05, 3.63) is 83.9 Å². The van der Waals surface area contributed by atoms with E-state index in [0.29, 0.717) is 24.4 Å². The molecule has 0 aliphatic carbocycles. The Balaban J connectivity index is 1.55. The Morgan fingerprint density at radius 2 is 1.65 bits per heavy atom. The minimum absolute atomic E-state index is 0.0734. The molecule has 6 nitrogen and oxygen atoms in total. The second-order valence-corrected chi connectivity index (χ2v) is 10.4. The first-order valence-corrected chi connectivity index (χ1v) is 13.0. The van der Waals surface area contributed by atoms with Gasteiger partial charge >= 0.3 is 0 Å². The Bertz CT molecular complexity index is 1180. The molecule has 6 heteroatoms. The molecule has 1 N–H and O–H groups in total. The average molecular weight is 502 g/mol. The van der Waals surface area contributed by atoms with Gasteiger partial charge in [0, 0.05) is 39.6 Å². The number of aliphatic hydroxyl groups is 1. The zero-order valence-electron chi connectivity index (χ0n) is 22.6. The van der Waals surface area contributed by atoms with E-state index in [-0.39, 0.29) is 30.6 Å². The number of amides is 1. The lowest BCUT2D eigenvalue weighted by atomic mass is 9.98. The van der Waals surface area contributed by atoms with Crippen LogP contribution in [0.15, 0.2) is 72.8 Å². The van der Waals surface area contributed by atoms with Crippen LogP contribution in [0.1, 0.15) is 29.8 Å². The van der Waals surface area contributed by atoms with Crippen LogP contribution < -0.4 is 9.64 Å². The van der Waals surface area contributed by atoms with E-state index in [0.717, 1.165) is 12.2 Å². The SMILES string of the molecule is C[C@@H]1CN([C@@H](C)CO)C(=O)c2cccc(N(C)C)c2O[C@H]1CN(C)Cc1ccc(-c2ccccc2)cc1. The molecule has 0 unspecified atom stereocenters. The van der Waals surface area contributed by atoms with Crippen LogP contribution >= 0.6 is 0 Å². The summed E-state index contributed by atoms with van der Waals surface area (Å²) in [6.07, 6.45) is -0.130. The highest BCUT2D eigenvalue weighted by atomic mass is 16.5. The topological polar surface area (TPSA) is 56.3 Å². The van der Waals surface area contributed by atoms with Crippen LogP contribution in [-0.2, 0) is 6.54 Å². The van der Waals surface area contributed by atoms with Crippen molar-refractivity contribution in [1.29, 1.82) is 0 Å². The van der Waals surface area contributed by atoms with E-state index in [2.05, 4.69) is 67.4 Å². The number of carbonyl (C=O) groups excluding carboxylic acids is 1. The van der Waals surface area contributed by atoms with E-state index in [1.54, 1.807) is 4.90 Å². The number of carbonyl (C=O) groups is 1. The van der Waals surface area contributed by atoms with E-state index < -0.39 is 0 Å². The second-order valence-electron chi connectivity index (χ2n) is 10.4. The highest BCUT2D eigenvalue weighted by molar-refractivity contribution is 5.99. The van der Waals surface area contributed by atoms with Gasteiger partial charge in [0.1, 0.15) is 6.10 Å². The van der Waals surface area contributed by atoms with E-state index in [4.69, 9.17) is 4.74 Å². The van der Waals surface area contributed by atoms with Crippen LogP contribution in [0.4, 0.5) is 5.69 Å². The largest absolute Gasteiger partial charge is 0.486 e. The summed E-state index contributed by atoms with van der Waals surface area (Å²) in [5, 5.41) is 9.87. The number of ether oxygens (including phenoxy) is 1. The number of fused-ring (bicyclic) bond motifs is 1. The lowest BCUT2D eigenvalue weighted by Crippen LogP contribution is -2.49. The Morgan fingerprint density at radius 1 is 0.973 bits per heavy atom. The van der Waals surface area contributed by atoms with E-state index >= 15 is 0 Å². The van der Waals surface area contributed by atoms with Gasteiger partial charge in [-0.1, -0.05) is 67.6 Å². The molecule has 196 valence electrons. The summed E-state index contributed by atoms with van der Waals surface area (Å²) in [4.78, 5) is 19.6. The molecule has 37 heavy (non-hydrogen) atoms. The molecule has 0 saturated heterocycles. The van der Waals surface area contributed by atoms with Crippen molar-refractivity contribution in [3.8, 4) is 16.9 Å². The minimum atomic E-state index is -0.273. The molecule has 4 rings (SSSR count). The van der Waals surface area contributed by atoms with Gasteiger partial charge in [-0.05, 0) is 42.8 Å². The van der Waals surface area contributed by atoms with Crippen molar-refractivity contribution in [2.45, 2.75) is 32.5 Å². The molecule has 3 aromatic rings. The van der Waals surface area contributed by atoms with Gasteiger partial charge in [-0.3, -0.25) is 9.69 Å². The number of hydrogen-bond acceptors (Lipinski definition) is 5. The van der Waals surface area contributed by atoms with Gasteiger partial charge in [-0.2, -0.15) is 0 Å². The van der Waals surface area contributed by atoms with E-state index in [9.17, 15) is 9.90 Å². The maximum Gasteiger partial charge on any atom is 0.258 e. The van der Waals surface area contributed by atoms with Crippen molar-refractivity contribution in [2.24, 2.45) is 5.92 Å². The molecule has 3 aromatic carbocycles. The maximum atomic E-state index is 13.5. The third-order valence-electron chi connectivity index (χ3n) is 7.16. The fourth-order valence-corrected chi connectivity index (χ4v) is 4.91. The molecular formula is C31H39N3O3. The number of nitrogens with zero attached hydrogens (tertiary/aromatic N) is 3. The number of para-hydroxylation sites is 1. The third kappa shape index (κ3) is 6.14. The highest BCUT2D eigenvalue weighted by Crippen LogP contribution is 2.36. The summed E-state index contributed by atoms with van der Waals surface area (Å²) in [5.41, 5.74) is 5.08. The monoisotopic (exact) mass is 501 g/mol. The summed E-state index contributed by atoms with van der Waals surface area (Å²) in [5.74, 6) is 0.589. The number of rotatable bonds is 8.